The topological polar surface area (TPSA) is 94.1 Å². The highest BCUT2D eigenvalue weighted by Gasteiger charge is 2.20. The maximum atomic E-state index is 12.6. The van der Waals surface area contributed by atoms with Crippen molar-refractivity contribution >= 4 is 16.9 Å². The summed E-state index contributed by atoms with van der Waals surface area (Å²) in [5.41, 5.74) is 3.30. The number of likely N-dealkylation sites (tertiary alicyclic amines) is 1. The maximum Gasteiger partial charge on any atom is 0.270 e. The summed E-state index contributed by atoms with van der Waals surface area (Å²) in [5, 5.41) is 13.3. The molecule has 1 aliphatic rings. The SMILES string of the molecule is Cc1nc(C(=O)NCc2ccc(CN3CCC(O)C3)cc2)c2cc[nH]c2n1. The van der Waals surface area contributed by atoms with Crippen LogP contribution in [0, 0.1) is 6.92 Å². The Morgan fingerprint density at radius 2 is 2.04 bits per heavy atom. The summed E-state index contributed by atoms with van der Waals surface area (Å²) < 4.78 is 0. The van der Waals surface area contributed by atoms with E-state index in [-0.39, 0.29) is 12.0 Å². The lowest BCUT2D eigenvalue weighted by molar-refractivity contribution is 0.0947. The number of amides is 1. The van der Waals surface area contributed by atoms with Crippen LogP contribution in [-0.2, 0) is 13.1 Å². The van der Waals surface area contributed by atoms with Crippen LogP contribution in [0.1, 0.15) is 33.9 Å². The summed E-state index contributed by atoms with van der Waals surface area (Å²) >= 11 is 0. The molecule has 4 rings (SSSR count). The van der Waals surface area contributed by atoms with Gasteiger partial charge in [-0.2, -0.15) is 0 Å². The summed E-state index contributed by atoms with van der Waals surface area (Å²) in [5.74, 6) is 0.353. The van der Waals surface area contributed by atoms with Crippen molar-refractivity contribution < 1.29 is 9.90 Å². The Kier molecular flexibility index (Phi) is 4.87. The second kappa shape index (κ2) is 7.46. The van der Waals surface area contributed by atoms with Gasteiger partial charge in [-0.15, -0.1) is 0 Å². The Labute approximate surface area is 157 Å². The summed E-state index contributed by atoms with van der Waals surface area (Å²) in [4.78, 5) is 26.4. The standard InChI is InChI=1S/C20H23N5O2/c1-13-23-18(17-6-8-21-19(17)24-13)20(27)22-10-14-2-4-15(5-3-14)11-25-9-7-16(26)12-25/h2-6,8,16,26H,7,9-12H2,1H3,(H,22,27)(H,21,23,24). The first-order valence-corrected chi connectivity index (χ1v) is 9.16. The van der Waals surface area contributed by atoms with E-state index < -0.39 is 0 Å². The number of nitrogens with zero attached hydrogens (tertiary/aromatic N) is 3. The summed E-state index contributed by atoms with van der Waals surface area (Å²) in [6, 6.07) is 10.0. The first-order valence-electron chi connectivity index (χ1n) is 9.16. The van der Waals surface area contributed by atoms with Gasteiger partial charge in [0.2, 0.25) is 0 Å². The van der Waals surface area contributed by atoms with E-state index in [0.29, 0.717) is 23.7 Å². The van der Waals surface area contributed by atoms with Crippen LogP contribution in [0.3, 0.4) is 0 Å². The number of hydrogen-bond donors (Lipinski definition) is 3. The molecule has 0 aliphatic carbocycles. The predicted octanol–water partition coefficient (Wildman–Crippen LogP) is 1.76. The van der Waals surface area contributed by atoms with Crippen molar-refractivity contribution in [1.29, 1.82) is 0 Å². The zero-order valence-electron chi connectivity index (χ0n) is 15.3. The highest BCUT2D eigenvalue weighted by atomic mass is 16.3. The van der Waals surface area contributed by atoms with Gasteiger partial charge in [-0.3, -0.25) is 9.69 Å². The third kappa shape index (κ3) is 3.99. The largest absolute Gasteiger partial charge is 0.392 e. The van der Waals surface area contributed by atoms with Gasteiger partial charge in [0.05, 0.1) is 11.5 Å². The fraction of sp³-hybridized carbons (Fsp3) is 0.350. The number of fused-ring (bicyclic) bond motifs is 1. The molecule has 1 unspecified atom stereocenters. The molecule has 7 heteroatoms. The number of hydrogen-bond acceptors (Lipinski definition) is 5. The number of rotatable bonds is 5. The number of aromatic nitrogens is 3. The van der Waals surface area contributed by atoms with Gasteiger partial charge in [-0.1, -0.05) is 24.3 Å². The molecule has 140 valence electrons. The Bertz CT molecular complexity index is 951. The second-order valence-electron chi connectivity index (χ2n) is 7.04. The molecular formula is C20H23N5O2. The number of carbonyl (C=O) groups is 1. The first-order chi connectivity index (χ1) is 13.1. The molecule has 3 heterocycles. The van der Waals surface area contributed by atoms with Gasteiger partial charge in [-0.05, 0) is 30.5 Å². The molecule has 3 N–H and O–H groups in total. The van der Waals surface area contributed by atoms with Crippen molar-refractivity contribution in [3.8, 4) is 0 Å². The van der Waals surface area contributed by atoms with E-state index in [1.807, 2.05) is 18.2 Å². The summed E-state index contributed by atoms with van der Waals surface area (Å²) in [6.45, 7) is 4.73. The molecule has 1 aromatic carbocycles. The van der Waals surface area contributed by atoms with Gasteiger partial charge in [0.25, 0.3) is 5.91 Å². The third-order valence-electron chi connectivity index (χ3n) is 4.87. The van der Waals surface area contributed by atoms with Crippen molar-refractivity contribution in [3.63, 3.8) is 0 Å². The summed E-state index contributed by atoms with van der Waals surface area (Å²) in [6.07, 6.45) is 2.41. The molecule has 27 heavy (non-hydrogen) atoms. The maximum absolute atomic E-state index is 12.6. The van der Waals surface area contributed by atoms with E-state index in [1.54, 1.807) is 13.1 Å². The molecule has 1 aliphatic heterocycles. The van der Waals surface area contributed by atoms with Crippen LogP contribution < -0.4 is 5.32 Å². The summed E-state index contributed by atoms with van der Waals surface area (Å²) in [7, 11) is 0. The van der Waals surface area contributed by atoms with Gasteiger partial charge in [-0.25, -0.2) is 9.97 Å². The molecule has 0 spiro atoms. The van der Waals surface area contributed by atoms with Crippen molar-refractivity contribution in [2.24, 2.45) is 0 Å². The van der Waals surface area contributed by atoms with Gasteiger partial charge in [0.1, 0.15) is 17.2 Å². The van der Waals surface area contributed by atoms with Crippen LogP contribution in [0.5, 0.6) is 0 Å². The monoisotopic (exact) mass is 365 g/mol. The lowest BCUT2D eigenvalue weighted by atomic mass is 10.1. The molecule has 3 aromatic rings. The van der Waals surface area contributed by atoms with E-state index in [0.717, 1.165) is 37.0 Å². The van der Waals surface area contributed by atoms with E-state index in [2.05, 4.69) is 37.3 Å². The average molecular weight is 365 g/mol. The molecule has 7 nitrogen and oxygen atoms in total. The minimum Gasteiger partial charge on any atom is -0.392 e. The number of aryl methyl sites for hydroxylation is 1. The fourth-order valence-corrected chi connectivity index (χ4v) is 3.47. The molecule has 0 radical (unpaired) electrons. The zero-order valence-corrected chi connectivity index (χ0v) is 15.3. The third-order valence-corrected chi connectivity index (χ3v) is 4.87. The molecule has 2 aromatic heterocycles. The Morgan fingerprint density at radius 3 is 2.78 bits per heavy atom. The van der Waals surface area contributed by atoms with E-state index >= 15 is 0 Å². The van der Waals surface area contributed by atoms with Crippen LogP contribution in [0.25, 0.3) is 11.0 Å². The smallest absolute Gasteiger partial charge is 0.270 e. The number of β-amino-alcohol motifs (C(OH)–C–C–N with tert-alkyl or cyclic N) is 1. The van der Waals surface area contributed by atoms with E-state index in [4.69, 9.17) is 0 Å². The van der Waals surface area contributed by atoms with Crippen LogP contribution in [0.2, 0.25) is 0 Å². The molecule has 1 atom stereocenters. The highest BCUT2D eigenvalue weighted by Crippen LogP contribution is 2.16. The van der Waals surface area contributed by atoms with Crippen molar-refractivity contribution in [2.45, 2.75) is 32.5 Å². The van der Waals surface area contributed by atoms with Crippen LogP contribution in [0.15, 0.2) is 36.5 Å². The number of aliphatic hydroxyl groups is 1. The fourth-order valence-electron chi connectivity index (χ4n) is 3.47. The highest BCUT2D eigenvalue weighted by molar-refractivity contribution is 6.03. The minimum atomic E-state index is -0.208. The number of H-pyrrole nitrogens is 1. The average Bonchev–Trinajstić information content (AvgIpc) is 3.28. The van der Waals surface area contributed by atoms with E-state index in [1.165, 1.54) is 5.56 Å². The van der Waals surface area contributed by atoms with E-state index in [9.17, 15) is 9.90 Å². The Hall–Kier alpha value is -2.77. The Balaban J connectivity index is 1.38. The minimum absolute atomic E-state index is 0.198. The quantitative estimate of drug-likeness (QED) is 0.641. The van der Waals surface area contributed by atoms with Crippen molar-refractivity contribution in [1.82, 2.24) is 25.2 Å². The number of aromatic amines is 1. The number of carbonyl (C=O) groups excluding carboxylic acids is 1. The van der Waals surface area contributed by atoms with Gasteiger partial charge >= 0.3 is 0 Å². The van der Waals surface area contributed by atoms with Crippen LogP contribution >= 0.6 is 0 Å². The van der Waals surface area contributed by atoms with Crippen LogP contribution in [0.4, 0.5) is 0 Å². The first kappa shape index (κ1) is 17.6. The number of aliphatic hydroxyl groups excluding tert-OH is 1. The zero-order chi connectivity index (χ0) is 18.8. The molecule has 0 saturated carbocycles. The molecule has 1 fully saturated rings. The van der Waals surface area contributed by atoms with Gasteiger partial charge in [0, 0.05) is 32.4 Å². The molecule has 1 amide bonds. The van der Waals surface area contributed by atoms with Crippen LogP contribution in [-0.4, -0.2) is 50.1 Å². The van der Waals surface area contributed by atoms with Gasteiger partial charge < -0.3 is 15.4 Å². The number of benzene rings is 1. The molecule has 0 bridgehead atoms. The van der Waals surface area contributed by atoms with Crippen molar-refractivity contribution in [2.75, 3.05) is 13.1 Å². The Morgan fingerprint density at radius 1 is 1.26 bits per heavy atom. The molecular weight excluding hydrogens is 342 g/mol. The normalized spacial score (nSPS) is 17.5. The predicted molar refractivity (Wildman–Crippen MR) is 102 cm³/mol. The molecule has 1 saturated heterocycles. The van der Waals surface area contributed by atoms with Crippen molar-refractivity contribution in [3.05, 3.63) is 59.2 Å². The van der Waals surface area contributed by atoms with Gasteiger partial charge in [0.15, 0.2) is 0 Å². The lowest BCUT2D eigenvalue weighted by Crippen LogP contribution is -2.24. The second-order valence-corrected chi connectivity index (χ2v) is 7.04. The lowest BCUT2D eigenvalue weighted by Gasteiger charge is -2.15. The number of nitrogens with one attached hydrogen (secondary N) is 2.